The molecular formula is C21H13F2N3O2S. The van der Waals surface area contributed by atoms with Crippen molar-refractivity contribution >= 4 is 44.2 Å². The van der Waals surface area contributed by atoms with E-state index in [9.17, 15) is 18.4 Å². The zero-order valence-electron chi connectivity index (χ0n) is 14.8. The Hall–Kier alpha value is -3.65. The van der Waals surface area contributed by atoms with Gasteiger partial charge in [-0.1, -0.05) is 11.3 Å². The molecule has 1 aromatic heterocycles. The molecule has 0 bridgehead atoms. The Bertz CT molecular complexity index is 1150. The highest BCUT2D eigenvalue weighted by atomic mass is 32.1. The first-order valence-electron chi connectivity index (χ1n) is 8.52. The summed E-state index contributed by atoms with van der Waals surface area (Å²) in [7, 11) is 0. The molecule has 4 aromatic rings. The number of anilines is 2. The van der Waals surface area contributed by atoms with Crippen LogP contribution in [0.1, 0.15) is 20.7 Å². The monoisotopic (exact) mass is 409 g/mol. The second-order valence-corrected chi connectivity index (χ2v) is 7.15. The number of rotatable bonds is 4. The van der Waals surface area contributed by atoms with E-state index in [0.29, 0.717) is 27.5 Å². The lowest BCUT2D eigenvalue weighted by atomic mass is 10.2. The van der Waals surface area contributed by atoms with Gasteiger partial charge in [0.25, 0.3) is 11.8 Å². The molecule has 0 aliphatic rings. The van der Waals surface area contributed by atoms with Crippen LogP contribution in [0.3, 0.4) is 0 Å². The topological polar surface area (TPSA) is 71.1 Å². The van der Waals surface area contributed by atoms with Gasteiger partial charge in [0.2, 0.25) is 0 Å². The summed E-state index contributed by atoms with van der Waals surface area (Å²) in [5.74, 6) is -1.59. The first-order valence-corrected chi connectivity index (χ1v) is 9.34. The molecule has 4 rings (SSSR count). The third-order valence-electron chi connectivity index (χ3n) is 4.08. The van der Waals surface area contributed by atoms with Gasteiger partial charge in [0.05, 0.1) is 10.2 Å². The summed E-state index contributed by atoms with van der Waals surface area (Å²) in [6.07, 6.45) is 0. The molecule has 5 nitrogen and oxygen atoms in total. The molecule has 3 aromatic carbocycles. The van der Waals surface area contributed by atoms with Gasteiger partial charge in [0, 0.05) is 16.8 Å². The van der Waals surface area contributed by atoms with E-state index in [0.717, 1.165) is 4.70 Å². The SMILES string of the molecule is O=C(Nc1ccc2nc(NC(=O)c3ccc(F)cc3)sc2c1)c1ccc(F)cc1. The van der Waals surface area contributed by atoms with Crippen molar-refractivity contribution in [2.24, 2.45) is 0 Å². The van der Waals surface area contributed by atoms with E-state index in [1.165, 1.54) is 59.9 Å². The number of amides is 2. The third-order valence-corrected chi connectivity index (χ3v) is 5.01. The number of fused-ring (bicyclic) bond motifs is 1. The molecule has 2 amide bonds. The Morgan fingerprint density at radius 2 is 1.31 bits per heavy atom. The molecule has 0 aliphatic carbocycles. The molecule has 0 radical (unpaired) electrons. The number of halogens is 2. The zero-order valence-corrected chi connectivity index (χ0v) is 15.6. The predicted octanol–water partition coefficient (Wildman–Crippen LogP) is 5.08. The van der Waals surface area contributed by atoms with Crippen LogP contribution in [0.4, 0.5) is 19.6 Å². The van der Waals surface area contributed by atoms with Gasteiger partial charge in [0.15, 0.2) is 5.13 Å². The summed E-state index contributed by atoms with van der Waals surface area (Å²) < 4.78 is 26.7. The summed E-state index contributed by atoms with van der Waals surface area (Å²) in [4.78, 5) is 28.9. The molecule has 0 saturated heterocycles. The van der Waals surface area contributed by atoms with E-state index in [-0.39, 0.29) is 5.91 Å². The molecule has 0 fully saturated rings. The minimum atomic E-state index is -0.420. The smallest absolute Gasteiger partial charge is 0.257 e. The molecule has 0 saturated carbocycles. The fourth-order valence-electron chi connectivity index (χ4n) is 2.63. The third kappa shape index (κ3) is 4.27. The maximum atomic E-state index is 13.0. The number of hydrogen-bond donors (Lipinski definition) is 2. The summed E-state index contributed by atoms with van der Waals surface area (Å²) >= 11 is 1.24. The van der Waals surface area contributed by atoms with Gasteiger partial charge < -0.3 is 5.32 Å². The highest BCUT2D eigenvalue weighted by Gasteiger charge is 2.12. The van der Waals surface area contributed by atoms with Gasteiger partial charge in [0.1, 0.15) is 11.6 Å². The normalized spacial score (nSPS) is 10.7. The summed E-state index contributed by atoms with van der Waals surface area (Å²) in [5, 5.41) is 5.81. The summed E-state index contributed by atoms with van der Waals surface area (Å²) in [6.45, 7) is 0. The van der Waals surface area contributed by atoms with Gasteiger partial charge in [-0.25, -0.2) is 13.8 Å². The van der Waals surface area contributed by atoms with Crippen LogP contribution >= 0.6 is 11.3 Å². The van der Waals surface area contributed by atoms with E-state index >= 15 is 0 Å². The second-order valence-electron chi connectivity index (χ2n) is 6.12. The number of hydrogen-bond acceptors (Lipinski definition) is 4. The van der Waals surface area contributed by atoms with Crippen molar-refractivity contribution in [1.82, 2.24) is 4.98 Å². The van der Waals surface area contributed by atoms with Crippen molar-refractivity contribution in [3.63, 3.8) is 0 Å². The van der Waals surface area contributed by atoms with E-state index < -0.39 is 17.5 Å². The molecule has 144 valence electrons. The Morgan fingerprint density at radius 3 is 1.90 bits per heavy atom. The standard InChI is InChI=1S/C21H13F2N3O2S/c22-14-5-1-12(2-6-14)19(27)24-16-9-10-17-18(11-16)29-21(25-17)26-20(28)13-3-7-15(23)8-4-13/h1-11H,(H,24,27)(H,25,26,28). The van der Waals surface area contributed by atoms with Crippen molar-refractivity contribution in [2.75, 3.05) is 10.6 Å². The van der Waals surface area contributed by atoms with Crippen molar-refractivity contribution < 1.29 is 18.4 Å². The van der Waals surface area contributed by atoms with Crippen LogP contribution < -0.4 is 10.6 Å². The van der Waals surface area contributed by atoms with Crippen LogP contribution in [0, 0.1) is 11.6 Å². The maximum absolute atomic E-state index is 13.0. The summed E-state index contributed by atoms with van der Waals surface area (Å²) in [6, 6.07) is 15.6. The number of nitrogens with zero attached hydrogens (tertiary/aromatic N) is 1. The average Bonchev–Trinajstić information content (AvgIpc) is 3.10. The fourth-order valence-corrected chi connectivity index (χ4v) is 3.53. The second kappa shape index (κ2) is 7.76. The minimum absolute atomic E-state index is 0.318. The van der Waals surface area contributed by atoms with E-state index in [4.69, 9.17) is 0 Å². The van der Waals surface area contributed by atoms with Crippen molar-refractivity contribution in [3.8, 4) is 0 Å². The number of carbonyl (C=O) groups excluding carboxylic acids is 2. The largest absolute Gasteiger partial charge is 0.322 e. The molecule has 1 heterocycles. The Labute approximate surface area is 168 Å². The first-order chi connectivity index (χ1) is 14.0. The van der Waals surface area contributed by atoms with Gasteiger partial charge >= 0.3 is 0 Å². The molecule has 0 atom stereocenters. The van der Waals surface area contributed by atoms with E-state index in [2.05, 4.69) is 15.6 Å². The molecule has 2 N–H and O–H groups in total. The van der Waals surface area contributed by atoms with E-state index in [1.54, 1.807) is 18.2 Å². The minimum Gasteiger partial charge on any atom is -0.322 e. The number of thiazole rings is 1. The lowest BCUT2D eigenvalue weighted by Crippen LogP contribution is -2.11. The summed E-state index contributed by atoms with van der Waals surface area (Å²) in [5.41, 5.74) is 1.86. The Morgan fingerprint density at radius 1 is 0.759 bits per heavy atom. The predicted molar refractivity (Wildman–Crippen MR) is 108 cm³/mol. The Kier molecular flexibility index (Phi) is 5.01. The van der Waals surface area contributed by atoms with Gasteiger partial charge in [-0.05, 0) is 66.7 Å². The van der Waals surface area contributed by atoms with Gasteiger partial charge in [-0.2, -0.15) is 0 Å². The van der Waals surface area contributed by atoms with Crippen LogP contribution in [-0.2, 0) is 0 Å². The molecule has 29 heavy (non-hydrogen) atoms. The van der Waals surface area contributed by atoms with Crippen LogP contribution in [-0.4, -0.2) is 16.8 Å². The molecular weight excluding hydrogens is 396 g/mol. The van der Waals surface area contributed by atoms with Crippen LogP contribution in [0.15, 0.2) is 66.7 Å². The van der Waals surface area contributed by atoms with Crippen molar-refractivity contribution in [1.29, 1.82) is 0 Å². The quantitative estimate of drug-likeness (QED) is 0.494. The lowest BCUT2D eigenvalue weighted by Gasteiger charge is -2.05. The molecule has 0 aliphatic heterocycles. The van der Waals surface area contributed by atoms with E-state index in [1.807, 2.05) is 0 Å². The molecule has 0 spiro atoms. The highest BCUT2D eigenvalue weighted by Crippen LogP contribution is 2.29. The molecule has 8 heteroatoms. The van der Waals surface area contributed by atoms with Crippen LogP contribution in [0.2, 0.25) is 0 Å². The maximum Gasteiger partial charge on any atom is 0.257 e. The number of nitrogens with one attached hydrogen (secondary N) is 2. The fraction of sp³-hybridized carbons (Fsp3) is 0. The number of carbonyl (C=O) groups is 2. The van der Waals surface area contributed by atoms with Crippen molar-refractivity contribution in [3.05, 3.63) is 89.5 Å². The zero-order chi connectivity index (χ0) is 20.4. The molecule has 0 unspecified atom stereocenters. The average molecular weight is 409 g/mol. The van der Waals surface area contributed by atoms with Gasteiger partial charge in [-0.3, -0.25) is 14.9 Å². The highest BCUT2D eigenvalue weighted by molar-refractivity contribution is 7.22. The Balaban J connectivity index is 1.50. The van der Waals surface area contributed by atoms with Crippen LogP contribution in [0.25, 0.3) is 10.2 Å². The van der Waals surface area contributed by atoms with Gasteiger partial charge in [-0.15, -0.1) is 0 Å². The lowest BCUT2D eigenvalue weighted by molar-refractivity contribution is 0.101. The van der Waals surface area contributed by atoms with Crippen molar-refractivity contribution in [2.45, 2.75) is 0 Å². The number of benzene rings is 3. The number of aromatic nitrogens is 1. The first kappa shape index (κ1) is 18.7. The van der Waals surface area contributed by atoms with Crippen LogP contribution in [0.5, 0.6) is 0 Å².